The molecule has 0 radical (unpaired) electrons. The van der Waals surface area contributed by atoms with Crippen molar-refractivity contribution in [3.8, 4) is 11.5 Å². The molecular formula is C24H24N2O3S. The zero-order valence-electron chi connectivity index (χ0n) is 16.8. The van der Waals surface area contributed by atoms with Crippen LogP contribution in [0.25, 0.3) is 0 Å². The number of nitrogens with one attached hydrogen (secondary N) is 2. The highest BCUT2D eigenvalue weighted by atomic mass is 32.2. The normalized spacial score (nSPS) is 10.3. The molecule has 6 heteroatoms. The van der Waals surface area contributed by atoms with Gasteiger partial charge < -0.3 is 15.4 Å². The van der Waals surface area contributed by atoms with Crippen LogP contribution in [0.2, 0.25) is 0 Å². The zero-order valence-corrected chi connectivity index (χ0v) is 17.6. The molecule has 2 amide bonds. The molecule has 0 aliphatic heterocycles. The summed E-state index contributed by atoms with van der Waals surface area (Å²) < 4.78 is 5.75. The van der Waals surface area contributed by atoms with Crippen molar-refractivity contribution in [2.75, 3.05) is 16.4 Å². The van der Waals surface area contributed by atoms with Gasteiger partial charge in [-0.1, -0.05) is 25.1 Å². The maximum Gasteiger partial charge on any atom is 0.234 e. The Morgan fingerprint density at radius 1 is 0.767 bits per heavy atom. The fraction of sp³-hybridized carbons (Fsp3) is 0.167. The molecule has 0 spiro atoms. The minimum absolute atomic E-state index is 0.0115. The molecule has 0 atom stereocenters. The smallest absolute Gasteiger partial charge is 0.234 e. The summed E-state index contributed by atoms with van der Waals surface area (Å²) in [5.74, 6) is 1.69. The molecule has 154 valence electrons. The highest BCUT2D eigenvalue weighted by molar-refractivity contribution is 8.00. The first-order chi connectivity index (χ1) is 14.6. The third kappa shape index (κ3) is 6.97. The van der Waals surface area contributed by atoms with Crippen molar-refractivity contribution in [1.29, 1.82) is 0 Å². The van der Waals surface area contributed by atoms with Crippen LogP contribution in [0.4, 0.5) is 11.4 Å². The first kappa shape index (κ1) is 21.5. The summed E-state index contributed by atoms with van der Waals surface area (Å²) in [5.41, 5.74) is 1.48. The molecule has 3 aromatic rings. The third-order valence-corrected chi connectivity index (χ3v) is 5.11. The molecule has 30 heavy (non-hydrogen) atoms. The zero-order chi connectivity index (χ0) is 21.2. The van der Waals surface area contributed by atoms with E-state index in [0.717, 1.165) is 28.4 Å². The number of carbonyl (C=O) groups is 2. The highest BCUT2D eigenvalue weighted by Crippen LogP contribution is 2.24. The lowest BCUT2D eigenvalue weighted by atomic mass is 10.3. The number of hydrogen-bond donors (Lipinski definition) is 2. The molecule has 0 saturated carbocycles. The van der Waals surface area contributed by atoms with Gasteiger partial charge in [-0.05, 0) is 67.1 Å². The van der Waals surface area contributed by atoms with E-state index in [4.69, 9.17) is 4.74 Å². The summed E-state index contributed by atoms with van der Waals surface area (Å²) in [5, 5.41) is 5.73. The Hall–Kier alpha value is -3.25. The Labute approximate surface area is 180 Å². The SMILES string of the molecule is CCCC(=O)Nc1ccc(SCC(=O)Nc2ccc(Oc3ccccc3)cc2)cc1. The van der Waals surface area contributed by atoms with Gasteiger partial charge >= 0.3 is 0 Å². The van der Waals surface area contributed by atoms with E-state index >= 15 is 0 Å². The van der Waals surface area contributed by atoms with Crippen molar-refractivity contribution in [3.05, 3.63) is 78.9 Å². The lowest BCUT2D eigenvalue weighted by Crippen LogP contribution is -2.13. The topological polar surface area (TPSA) is 67.4 Å². The van der Waals surface area contributed by atoms with Crippen molar-refractivity contribution >= 4 is 35.0 Å². The van der Waals surface area contributed by atoms with Gasteiger partial charge in [-0.15, -0.1) is 11.8 Å². The molecule has 0 fully saturated rings. The molecule has 3 rings (SSSR count). The number of ether oxygens (including phenoxy) is 1. The molecule has 0 heterocycles. The monoisotopic (exact) mass is 420 g/mol. The average Bonchev–Trinajstić information content (AvgIpc) is 2.75. The number of rotatable bonds is 9. The van der Waals surface area contributed by atoms with Crippen LogP contribution in [0.1, 0.15) is 19.8 Å². The lowest BCUT2D eigenvalue weighted by molar-refractivity contribution is -0.116. The molecule has 0 aliphatic rings. The van der Waals surface area contributed by atoms with Gasteiger partial charge in [0, 0.05) is 22.7 Å². The fourth-order valence-electron chi connectivity index (χ4n) is 2.66. The number of thioether (sulfide) groups is 1. The minimum atomic E-state index is -0.0861. The number of hydrogen-bond acceptors (Lipinski definition) is 4. The van der Waals surface area contributed by atoms with Crippen LogP contribution in [-0.4, -0.2) is 17.6 Å². The van der Waals surface area contributed by atoms with Gasteiger partial charge in [-0.3, -0.25) is 9.59 Å². The fourth-order valence-corrected chi connectivity index (χ4v) is 3.36. The second-order valence-electron chi connectivity index (χ2n) is 6.60. The predicted octanol–water partition coefficient (Wildman–Crippen LogP) is 5.95. The molecule has 0 aliphatic carbocycles. The predicted molar refractivity (Wildman–Crippen MR) is 122 cm³/mol. The number of carbonyl (C=O) groups excluding carboxylic acids is 2. The summed E-state index contributed by atoms with van der Waals surface area (Å²) in [6.45, 7) is 1.97. The molecule has 2 N–H and O–H groups in total. The van der Waals surface area contributed by atoms with Crippen molar-refractivity contribution in [2.24, 2.45) is 0 Å². The van der Waals surface area contributed by atoms with Gasteiger partial charge in [0.1, 0.15) is 11.5 Å². The third-order valence-electron chi connectivity index (χ3n) is 4.10. The molecule has 0 aromatic heterocycles. The van der Waals surface area contributed by atoms with E-state index in [1.807, 2.05) is 85.8 Å². The van der Waals surface area contributed by atoms with Crippen LogP contribution in [0.3, 0.4) is 0 Å². The Bertz CT molecular complexity index is 958. The summed E-state index contributed by atoms with van der Waals surface area (Å²) in [6.07, 6.45) is 1.33. The molecular weight excluding hydrogens is 396 g/mol. The van der Waals surface area contributed by atoms with E-state index in [0.29, 0.717) is 17.9 Å². The van der Waals surface area contributed by atoms with Gasteiger partial charge in [0.15, 0.2) is 0 Å². The molecule has 0 unspecified atom stereocenters. The van der Waals surface area contributed by atoms with Gasteiger partial charge in [0.05, 0.1) is 5.75 Å². The van der Waals surface area contributed by atoms with Gasteiger partial charge in [0.25, 0.3) is 0 Å². The van der Waals surface area contributed by atoms with E-state index in [-0.39, 0.29) is 11.8 Å². The molecule has 0 bridgehead atoms. The van der Waals surface area contributed by atoms with Crippen LogP contribution < -0.4 is 15.4 Å². The quantitative estimate of drug-likeness (QED) is 0.420. The summed E-state index contributed by atoms with van der Waals surface area (Å²) in [7, 11) is 0. The maximum absolute atomic E-state index is 12.2. The second kappa shape index (κ2) is 11.1. The van der Waals surface area contributed by atoms with Gasteiger partial charge in [-0.25, -0.2) is 0 Å². The number of amides is 2. The molecule has 0 saturated heterocycles. The minimum Gasteiger partial charge on any atom is -0.457 e. The van der Waals surface area contributed by atoms with Crippen LogP contribution in [0, 0.1) is 0 Å². The largest absolute Gasteiger partial charge is 0.457 e. The summed E-state index contributed by atoms with van der Waals surface area (Å²) in [4.78, 5) is 24.8. The highest BCUT2D eigenvalue weighted by Gasteiger charge is 2.06. The van der Waals surface area contributed by atoms with Crippen LogP contribution in [0.5, 0.6) is 11.5 Å². The maximum atomic E-state index is 12.2. The van der Waals surface area contributed by atoms with Crippen molar-refractivity contribution in [1.82, 2.24) is 0 Å². The Morgan fingerprint density at radius 2 is 1.33 bits per heavy atom. The van der Waals surface area contributed by atoms with Crippen LogP contribution >= 0.6 is 11.8 Å². The first-order valence-corrected chi connectivity index (χ1v) is 10.8. The van der Waals surface area contributed by atoms with Gasteiger partial charge in [0.2, 0.25) is 11.8 Å². The summed E-state index contributed by atoms with van der Waals surface area (Å²) >= 11 is 1.44. The van der Waals surface area contributed by atoms with E-state index < -0.39 is 0 Å². The summed E-state index contributed by atoms with van der Waals surface area (Å²) in [6, 6.07) is 24.3. The van der Waals surface area contributed by atoms with Crippen molar-refractivity contribution < 1.29 is 14.3 Å². The van der Waals surface area contributed by atoms with Crippen LogP contribution in [0.15, 0.2) is 83.8 Å². The number of benzene rings is 3. The molecule has 5 nitrogen and oxygen atoms in total. The van der Waals surface area contributed by atoms with E-state index in [1.54, 1.807) is 0 Å². The average molecular weight is 421 g/mol. The van der Waals surface area contributed by atoms with E-state index in [2.05, 4.69) is 10.6 Å². The first-order valence-electron chi connectivity index (χ1n) is 9.78. The van der Waals surface area contributed by atoms with Crippen molar-refractivity contribution in [2.45, 2.75) is 24.7 Å². The number of anilines is 2. The Balaban J connectivity index is 1.44. The number of para-hydroxylation sites is 1. The van der Waals surface area contributed by atoms with E-state index in [1.165, 1.54) is 11.8 Å². The second-order valence-corrected chi connectivity index (χ2v) is 7.65. The standard InChI is InChI=1S/C24H24N2O3S/c1-2-6-23(27)25-19-11-15-22(16-12-19)30-17-24(28)26-18-9-13-21(14-10-18)29-20-7-4-3-5-8-20/h3-5,7-16H,2,6,17H2,1H3,(H,25,27)(H,26,28). The molecule has 3 aromatic carbocycles. The van der Waals surface area contributed by atoms with Crippen LogP contribution in [-0.2, 0) is 9.59 Å². The Kier molecular flexibility index (Phi) is 7.92. The van der Waals surface area contributed by atoms with Crippen molar-refractivity contribution in [3.63, 3.8) is 0 Å². The van der Waals surface area contributed by atoms with E-state index in [9.17, 15) is 9.59 Å². The Morgan fingerprint density at radius 3 is 1.97 bits per heavy atom. The van der Waals surface area contributed by atoms with Gasteiger partial charge in [-0.2, -0.15) is 0 Å². The lowest BCUT2D eigenvalue weighted by Gasteiger charge is -2.08.